The molecule has 3 aromatic rings. The SMILES string of the molecule is Cc1ccc(C(N)=O)cc1NC(=O)[C@@H](c1ccccc1)n1cccn1. The van der Waals surface area contributed by atoms with Gasteiger partial charge >= 0.3 is 0 Å². The van der Waals surface area contributed by atoms with Gasteiger partial charge in [0.05, 0.1) is 0 Å². The highest BCUT2D eigenvalue weighted by atomic mass is 16.2. The summed E-state index contributed by atoms with van der Waals surface area (Å²) in [4.78, 5) is 24.3. The van der Waals surface area contributed by atoms with Crippen molar-refractivity contribution in [3.05, 3.63) is 83.7 Å². The summed E-state index contributed by atoms with van der Waals surface area (Å²) in [5.41, 5.74) is 7.87. The van der Waals surface area contributed by atoms with E-state index in [1.54, 1.807) is 41.3 Å². The van der Waals surface area contributed by atoms with Gasteiger partial charge in [0.1, 0.15) is 0 Å². The van der Waals surface area contributed by atoms with Crippen molar-refractivity contribution < 1.29 is 9.59 Å². The van der Waals surface area contributed by atoms with E-state index in [9.17, 15) is 9.59 Å². The van der Waals surface area contributed by atoms with Crippen molar-refractivity contribution in [1.29, 1.82) is 0 Å². The van der Waals surface area contributed by atoms with Crippen LogP contribution < -0.4 is 11.1 Å². The fourth-order valence-corrected chi connectivity index (χ4v) is 2.60. The first-order valence-electron chi connectivity index (χ1n) is 7.81. The highest BCUT2D eigenvalue weighted by molar-refractivity contribution is 5.99. The van der Waals surface area contributed by atoms with Gasteiger partial charge < -0.3 is 11.1 Å². The molecule has 0 saturated heterocycles. The number of hydrogen-bond acceptors (Lipinski definition) is 3. The van der Waals surface area contributed by atoms with Crippen LogP contribution in [0.1, 0.15) is 27.5 Å². The van der Waals surface area contributed by atoms with Gasteiger partial charge in [0, 0.05) is 23.6 Å². The second kappa shape index (κ2) is 7.00. The van der Waals surface area contributed by atoms with E-state index in [1.165, 1.54) is 0 Å². The fourth-order valence-electron chi connectivity index (χ4n) is 2.60. The van der Waals surface area contributed by atoms with E-state index in [2.05, 4.69) is 10.4 Å². The van der Waals surface area contributed by atoms with Gasteiger partial charge in [-0.1, -0.05) is 36.4 Å². The number of aromatic nitrogens is 2. The van der Waals surface area contributed by atoms with Gasteiger partial charge in [0.25, 0.3) is 5.91 Å². The fraction of sp³-hybridized carbons (Fsp3) is 0.105. The summed E-state index contributed by atoms with van der Waals surface area (Å²) in [6.45, 7) is 1.85. The minimum absolute atomic E-state index is 0.250. The lowest BCUT2D eigenvalue weighted by atomic mass is 10.1. The minimum atomic E-state index is -0.618. The number of nitrogens with two attached hydrogens (primary N) is 1. The zero-order chi connectivity index (χ0) is 17.8. The molecule has 1 aromatic heterocycles. The Kier molecular flexibility index (Phi) is 4.61. The standard InChI is InChI=1S/C19H18N4O2/c1-13-8-9-15(18(20)24)12-16(13)22-19(25)17(23-11-5-10-21-23)14-6-3-2-4-7-14/h2-12,17H,1H3,(H2,20,24)(H,22,25)/t17-/m1/s1. The van der Waals surface area contributed by atoms with E-state index in [0.717, 1.165) is 11.1 Å². The summed E-state index contributed by atoms with van der Waals surface area (Å²) < 4.78 is 1.60. The van der Waals surface area contributed by atoms with Gasteiger partial charge in [0.15, 0.2) is 6.04 Å². The van der Waals surface area contributed by atoms with Crippen molar-refractivity contribution in [3.63, 3.8) is 0 Å². The maximum absolute atomic E-state index is 13.0. The highest BCUT2D eigenvalue weighted by Crippen LogP contribution is 2.22. The van der Waals surface area contributed by atoms with Crippen LogP contribution >= 0.6 is 0 Å². The van der Waals surface area contributed by atoms with Gasteiger partial charge in [-0.15, -0.1) is 0 Å². The Hall–Kier alpha value is -3.41. The van der Waals surface area contributed by atoms with E-state index in [1.807, 2.05) is 37.3 Å². The highest BCUT2D eigenvalue weighted by Gasteiger charge is 2.23. The van der Waals surface area contributed by atoms with Crippen LogP contribution in [0, 0.1) is 6.92 Å². The molecule has 0 aliphatic heterocycles. The lowest BCUT2D eigenvalue weighted by molar-refractivity contribution is -0.118. The Morgan fingerprint density at radius 2 is 1.88 bits per heavy atom. The molecule has 6 nitrogen and oxygen atoms in total. The number of carbonyl (C=O) groups excluding carboxylic acids is 2. The van der Waals surface area contributed by atoms with Crippen LogP contribution in [0.4, 0.5) is 5.69 Å². The molecule has 6 heteroatoms. The maximum atomic E-state index is 13.0. The number of aryl methyl sites for hydroxylation is 1. The summed E-state index contributed by atoms with van der Waals surface area (Å²) >= 11 is 0. The smallest absolute Gasteiger partial charge is 0.253 e. The number of amides is 2. The molecule has 0 spiro atoms. The molecule has 1 atom stereocenters. The number of primary amides is 1. The average molecular weight is 334 g/mol. The monoisotopic (exact) mass is 334 g/mol. The molecule has 3 rings (SSSR count). The van der Waals surface area contributed by atoms with Crippen LogP contribution in [0.25, 0.3) is 0 Å². The summed E-state index contributed by atoms with van der Waals surface area (Å²) in [6.07, 6.45) is 3.37. The van der Waals surface area contributed by atoms with Crippen LogP contribution in [0.15, 0.2) is 67.0 Å². The summed E-state index contributed by atoms with van der Waals surface area (Å²) in [6, 6.07) is 15.5. The Morgan fingerprint density at radius 3 is 2.52 bits per heavy atom. The first kappa shape index (κ1) is 16.4. The molecule has 0 aliphatic carbocycles. The van der Waals surface area contributed by atoms with E-state index in [4.69, 9.17) is 5.73 Å². The second-order valence-corrected chi connectivity index (χ2v) is 5.68. The number of nitrogens with one attached hydrogen (secondary N) is 1. The minimum Gasteiger partial charge on any atom is -0.366 e. The van der Waals surface area contributed by atoms with Crippen molar-refractivity contribution in [3.8, 4) is 0 Å². The third kappa shape index (κ3) is 3.58. The molecule has 0 bridgehead atoms. The van der Waals surface area contributed by atoms with Crippen LogP contribution in [-0.4, -0.2) is 21.6 Å². The molecule has 25 heavy (non-hydrogen) atoms. The molecule has 3 N–H and O–H groups in total. The topological polar surface area (TPSA) is 90.0 Å². The normalized spacial score (nSPS) is 11.7. The van der Waals surface area contributed by atoms with Crippen molar-refractivity contribution >= 4 is 17.5 Å². The Morgan fingerprint density at radius 1 is 1.12 bits per heavy atom. The van der Waals surface area contributed by atoms with Crippen molar-refractivity contribution in [2.24, 2.45) is 5.73 Å². The summed E-state index contributed by atoms with van der Waals surface area (Å²) in [7, 11) is 0. The zero-order valence-corrected chi connectivity index (χ0v) is 13.7. The van der Waals surface area contributed by atoms with E-state index in [-0.39, 0.29) is 5.91 Å². The molecule has 2 amide bonds. The van der Waals surface area contributed by atoms with E-state index in [0.29, 0.717) is 11.3 Å². The van der Waals surface area contributed by atoms with Crippen molar-refractivity contribution in [2.75, 3.05) is 5.32 Å². The Labute approximate surface area is 145 Å². The number of benzene rings is 2. The van der Waals surface area contributed by atoms with E-state index < -0.39 is 11.9 Å². The van der Waals surface area contributed by atoms with Gasteiger partial charge in [-0.2, -0.15) is 5.10 Å². The molecular formula is C19H18N4O2. The molecule has 0 fully saturated rings. The second-order valence-electron chi connectivity index (χ2n) is 5.68. The van der Waals surface area contributed by atoms with Crippen molar-refractivity contribution in [2.45, 2.75) is 13.0 Å². The lowest BCUT2D eigenvalue weighted by Crippen LogP contribution is -2.28. The zero-order valence-electron chi connectivity index (χ0n) is 13.7. The summed E-state index contributed by atoms with van der Waals surface area (Å²) in [5.74, 6) is -0.790. The van der Waals surface area contributed by atoms with Gasteiger partial charge in [-0.05, 0) is 36.2 Å². The quantitative estimate of drug-likeness (QED) is 0.751. The molecule has 2 aromatic carbocycles. The molecule has 0 saturated carbocycles. The number of rotatable bonds is 5. The molecule has 126 valence electrons. The summed E-state index contributed by atoms with van der Waals surface area (Å²) in [5, 5.41) is 7.09. The van der Waals surface area contributed by atoms with Crippen LogP contribution in [-0.2, 0) is 4.79 Å². The first-order chi connectivity index (χ1) is 12.1. The molecule has 0 unspecified atom stereocenters. The molecular weight excluding hydrogens is 316 g/mol. The van der Waals surface area contributed by atoms with Gasteiger partial charge in [-0.3, -0.25) is 14.3 Å². The van der Waals surface area contributed by atoms with Crippen LogP contribution in [0.5, 0.6) is 0 Å². The molecule has 0 aliphatic rings. The third-order valence-corrected chi connectivity index (χ3v) is 3.93. The van der Waals surface area contributed by atoms with Crippen LogP contribution in [0.3, 0.4) is 0 Å². The maximum Gasteiger partial charge on any atom is 0.253 e. The number of hydrogen-bond donors (Lipinski definition) is 2. The van der Waals surface area contributed by atoms with Gasteiger partial charge in [0.2, 0.25) is 5.91 Å². The van der Waals surface area contributed by atoms with Crippen LogP contribution in [0.2, 0.25) is 0 Å². The molecule has 1 heterocycles. The Bertz CT molecular complexity index is 889. The Balaban J connectivity index is 1.94. The van der Waals surface area contributed by atoms with Crippen molar-refractivity contribution in [1.82, 2.24) is 9.78 Å². The van der Waals surface area contributed by atoms with E-state index >= 15 is 0 Å². The number of anilines is 1. The third-order valence-electron chi connectivity index (χ3n) is 3.93. The average Bonchev–Trinajstić information content (AvgIpc) is 3.12. The predicted octanol–water partition coefficient (Wildman–Crippen LogP) is 2.52. The predicted molar refractivity (Wildman–Crippen MR) is 95.1 cm³/mol. The first-order valence-corrected chi connectivity index (χ1v) is 7.81. The lowest BCUT2D eigenvalue weighted by Gasteiger charge is -2.19. The largest absolute Gasteiger partial charge is 0.366 e. The molecule has 0 radical (unpaired) electrons. The number of nitrogens with zero attached hydrogens (tertiary/aromatic N) is 2. The number of carbonyl (C=O) groups is 2. The van der Waals surface area contributed by atoms with Gasteiger partial charge in [-0.25, -0.2) is 0 Å².